The van der Waals surface area contributed by atoms with E-state index in [1.165, 1.54) is 9.80 Å². The molecule has 0 bridgehead atoms. The quantitative estimate of drug-likeness (QED) is 0.552. The molecule has 4 atom stereocenters. The Morgan fingerprint density at radius 1 is 0.714 bits per heavy atom. The number of pyridine rings is 1. The Hall–Kier alpha value is -4.33. The van der Waals surface area contributed by atoms with Gasteiger partial charge in [0.1, 0.15) is 6.04 Å². The molecule has 0 radical (unpaired) electrons. The molecule has 0 aliphatic carbocycles. The van der Waals surface area contributed by atoms with Crippen LogP contribution >= 0.6 is 0 Å². The number of amides is 4. The highest BCUT2D eigenvalue weighted by molar-refractivity contribution is 6.26. The maximum Gasteiger partial charge on any atom is 0.257 e. The van der Waals surface area contributed by atoms with E-state index in [1.54, 1.807) is 72.7 Å². The fraction of sp³-hybridized carbons (Fsp3) is 0.222. The zero-order valence-electron chi connectivity index (χ0n) is 18.9. The minimum atomic E-state index is -0.840. The van der Waals surface area contributed by atoms with E-state index in [0.717, 1.165) is 0 Å². The first-order valence-corrected chi connectivity index (χ1v) is 11.5. The summed E-state index contributed by atoms with van der Waals surface area (Å²) < 4.78 is 0. The monoisotopic (exact) mass is 466 g/mol. The molecule has 174 valence electrons. The fourth-order valence-corrected chi connectivity index (χ4v) is 5.78. The summed E-state index contributed by atoms with van der Waals surface area (Å²) in [7, 11) is 1.77. The standard InChI is InChI=1S/C27H22N4O4/c1-29-19-13-8-14-28-23(19)21(18-15-20(32)30(25(18)33)16-9-4-2-5-10-16)22-24(29)27(35)31(26(22)34)17-11-6-3-7-12-17/h2-14,18,21-22,24H,15H2,1H3/t18?,21?,22-,24+/m0/s1. The summed E-state index contributed by atoms with van der Waals surface area (Å²) >= 11 is 0. The molecule has 2 aromatic carbocycles. The first-order valence-electron chi connectivity index (χ1n) is 11.5. The van der Waals surface area contributed by atoms with Crippen LogP contribution in [0.5, 0.6) is 0 Å². The van der Waals surface area contributed by atoms with Crippen LogP contribution in [0.25, 0.3) is 0 Å². The smallest absolute Gasteiger partial charge is 0.257 e. The molecular weight excluding hydrogens is 444 g/mol. The third-order valence-corrected chi connectivity index (χ3v) is 7.28. The second kappa shape index (κ2) is 7.87. The van der Waals surface area contributed by atoms with Gasteiger partial charge in [-0.1, -0.05) is 36.4 Å². The number of nitrogens with zero attached hydrogens (tertiary/aromatic N) is 4. The number of para-hydroxylation sites is 2. The highest BCUT2D eigenvalue weighted by Gasteiger charge is 2.61. The molecule has 0 N–H and O–H groups in total. The number of carbonyl (C=O) groups excluding carboxylic acids is 4. The summed E-state index contributed by atoms with van der Waals surface area (Å²) in [5.74, 6) is -3.76. The third kappa shape index (κ3) is 3.02. The Morgan fingerprint density at radius 3 is 2.00 bits per heavy atom. The van der Waals surface area contributed by atoms with Crippen LogP contribution in [0.1, 0.15) is 18.0 Å². The number of aromatic nitrogens is 1. The largest absolute Gasteiger partial charge is 0.360 e. The van der Waals surface area contributed by atoms with Crippen molar-refractivity contribution in [2.75, 3.05) is 21.7 Å². The molecule has 3 aliphatic rings. The molecule has 8 nitrogen and oxygen atoms in total. The number of hydrogen-bond donors (Lipinski definition) is 0. The van der Waals surface area contributed by atoms with E-state index < -0.39 is 23.8 Å². The Labute approximate surface area is 201 Å². The van der Waals surface area contributed by atoms with Gasteiger partial charge in [-0.3, -0.25) is 29.1 Å². The molecule has 6 rings (SSSR count). The molecule has 3 aromatic rings. The lowest BCUT2D eigenvalue weighted by Crippen LogP contribution is -2.50. The molecule has 0 saturated carbocycles. The predicted octanol–water partition coefficient (Wildman–Crippen LogP) is 2.75. The molecule has 2 unspecified atom stereocenters. The van der Waals surface area contributed by atoms with Gasteiger partial charge >= 0.3 is 0 Å². The van der Waals surface area contributed by atoms with E-state index >= 15 is 0 Å². The number of fused-ring (bicyclic) bond motifs is 2. The zero-order chi connectivity index (χ0) is 24.3. The van der Waals surface area contributed by atoms with Crippen molar-refractivity contribution in [1.82, 2.24) is 4.98 Å². The van der Waals surface area contributed by atoms with Gasteiger partial charge in [-0.15, -0.1) is 0 Å². The van der Waals surface area contributed by atoms with Crippen LogP contribution in [0.2, 0.25) is 0 Å². The van der Waals surface area contributed by atoms with Crippen molar-refractivity contribution in [2.45, 2.75) is 18.4 Å². The predicted molar refractivity (Wildman–Crippen MR) is 129 cm³/mol. The van der Waals surface area contributed by atoms with Gasteiger partial charge in [0.2, 0.25) is 17.7 Å². The first kappa shape index (κ1) is 21.2. The second-order valence-electron chi connectivity index (χ2n) is 9.08. The first-order chi connectivity index (χ1) is 17.0. The number of imide groups is 2. The van der Waals surface area contributed by atoms with Crippen molar-refractivity contribution >= 4 is 40.7 Å². The maximum absolute atomic E-state index is 13.9. The molecule has 35 heavy (non-hydrogen) atoms. The van der Waals surface area contributed by atoms with Gasteiger partial charge in [0.25, 0.3) is 5.91 Å². The van der Waals surface area contributed by atoms with Gasteiger partial charge in [-0.05, 0) is 36.4 Å². The summed E-state index contributed by atoms with van der Waals surface area (Å²) in [6.07, 6.45) is 1.57. The summed E-state index contributed by atoms with van der Waals surface area (Å²) in [6, 6.07) is 20.4. The molecule has 2 saturated heterocycles. The third-order valence-electron chi connectivity index (χ3n) is 7.28. The number of carbonyl (C=O) groups is 4. The second-order valence-corrected chi connectivity index (χ2v) is 9.08. The number of rotatable bonds is 3. The van der Waals surface area contributed by atoms with Gasteiger partial charge in [0.15, 0.2) is 0 Å². The van der Waals surface area contributed by atoms with E-state index in [-0.39, 0.29) is 30.0 Å². The van der Waals surface area contributed by atoms with Gasteiger partial charge < -0.3 is 4.90 Å². The molecular formula is C27H22N4O4. The summed E-state index contributed by atoms with van der Waals surface area (Å²) in [5, 5.41) is 0. The molecule has 4 amide bonds. The van der Waals surface area contributed by atoms with Crippen LogP contribution in [0.15, 0.2) is 79.0 Å². The van der Waals surface area contributed by atoms with Crippen LogP contribution in [-0.4, -0.2) is 41.7 Å². The van der Waals surface area contributed by atoms with Crippen LogP contribution < -0.4 is 14.7 Å². The number of likely N-dealkylation sites (N-methyl/N-ethyl adjacent to an activating group) is 1. The summed E-state index contributed by atoms with van der Waals surface area (Å²) in [4.78, 5) is 63.0. The van der Waals surface area contributed by atoms with Crippen molar-refractivity contribution in [3.8, 4) is 0 Å². The number of benzene rings is 2. The van der Waals surface area contributed by atoms with Crippen LogP contribution in [0, 0.1) is 11.8 Å². The fourth-order valence-electron chi connectivity index (χ4n) is 5.78. The van der Waals surface area contributed by atoms with Crippen molar-refractivity contribution in [3.05, 3.63) is 84.7 Å². The Morgan fingerprint density at radius 2 is 1.34 bits per heavy atom. The van der Waals surface area contributed by atoms with Gasteiger partial charge in [0.05, 0.1) is 34.6 Å². The highest BCUT2D eigenvalue weighted by atomic mass is 16.2. The number of anilines is 3. The molecule has 3 aliphatic heterocycles. The lowest BCUT2D eigenvalue weighted by atomic mass is 9.72. The van der Waals surface area contributed by atoms with E-state index in [1.807, 2.05) is 18.2 Å². The topological polar surface area (TPSA) is 90.9 Å². The van der Waals surface area contributed by atoms with Crippen molar-refractivity contribution < 1.29 is 19.2 Å². The Bertz CT molecular complexity index is 1360. The highest BCUT2D eigenvalue weighted by Crippen LogP contribution is 2.51. The lowest BCUT2D eigenvalue weighted by Gasteiger charge is -2.40. The van der Waals surface area contributed by atoms with Crippen molar-refractivity contribution in [1.29, 1.82) is 0 Å². The molecule has 4 heterocycles. The average molecular weight is 466 g/mol. The Balaban J connectivity index is 1.47. The van der Waals surface area contributed by atoms with E-state index in [2.05, 4.69) is 4.98 Å². The van der Waals surface area contributed by atoms with Gasteiger partial charge in [-0.2, -0.15) is 0 Å². The Kier molecular flexibility index (Phi) is 4.77. The van der Waals surface area contributed by atoms with E-state index in [9.17, 15) is 19.2 Å². The average Bonchev–Trinajstić information content (AvgIpc) is 3.32. The minimum Gasteiger partial charge on any atom is -0.360 e. The van der Waals surface area contributed by atoms with Crippen LogP contribution in [0.4, 0.5) is 17.1 Å². The van der Waals surface area contributed by atoms with Gasteiger partial charge in [-0.25, -0.2) is 4.90 Å². The van der Waals surface area contributed by atoms with Crippen LogP contribution in [-0.2, 0) is 19.2 Å². The molecule has 2 fully saturated rings. The molecule has 1 aromatic heterocycles. The summed E-state index contributed by atoms with van der Waals surface area (Å²) in [6.45, 7) is 0. The molecule has 0 spiro atoms. The van der Waals surface area contributed by atoms with Gasteiger partial charge in [0, 0.05) is 25.6 Å². The van der Waals surface area contributed by atoms with Crippen LogP contribution in [0.3, 0.4) is 0 Å². The zero-order valence-corrected chi connectivity index (χ0v) is 18.9. The van der Waals surface area contributed by atoms with Crippen molar-refractivity contribution in [2.24, 2.45) is 11.8 Å². The lowest BCUT2D eigenvalue weighted by molar-refractivity contribution is -0.124. The normalized spacial score (nSPS) is 25.8. The molecule has 8 heteroatoms. The summed E-state index contributed by atoms with van der Waals surface area (Å²) in [5.41, 5.74) is 2.23. The maximum atomic E-state index is 13.9. The number of hydrogen-bond acceptors (Lipinski definition) is 6. The van der Waals surface area contributed by atoms with E-state index in [0.29, 0.717) is 22.8 Å². The minimum absolute atomic E-state index is 0.0475. The SMILES string of the molecule is CN1c2cccnc2C(C2CC(=O)N(c3ccccc3)C2=O)[C@@H]2C(=O)N(c3ccccc3)C(=O)[C@@H]21. The van der Waals surface area contributed by atoms with Crippen molar-refractivity contribution in [3.63, 3.8) is 0 Å². The van der Waals surface area contributed by atoms with E-state index in [4.69, 9.17) is 0 Å².